The molecular weight excluding hydrogens is 704 g/mol. The van der Waals surface area contributed by atoms with E-state index in [2.05, 4.69) is 30.6 Å². The third-order valence-electron chi connectivity index (χ3n) is 10.8. The van der Waals surface area contributed by atoms with Crippen molar-refractivity contribution in [2.75, 3.05) is 27.3 Å². The number of alkyl carbamates (subject to hydrolysis) is 2. The summed E-state index contributed by atoms with van der Waals surface area (Å²) in [4.78, 5) is 71.0. The van der Waals surface area contributed by atoms with Gasteiger partial charge in [-0.05, 0) is 61.8 Å². The van der Waals surface area contributed by atoms with E-state index in [1.54, 1.807) is 22.2 Å². The predicted octanol–water partition coefficient (Wildman–Crippen LogP) is 6.45. The number of rotatable bonds is 10. The van der Waals surface area contributed by atoms with Gasteiger partial charge in [0.05, 0.1) is 50.1 Å². The lowest BCUT2D eigenvalue weighted by atomic mass is 10.0. The minimum atomic E-state index is -0.706. The lowest BCUT2D eigenvalue weighted by Gasteiger charge is -2.30. The van der Waals surface area contributed by atoms with Crippen LogP contribution in [0.3, 0.4) is 0 Å². The van der Waals surface area contributed by atoms with Crippen molar-refractivity contribution < 1.29 is 33.1 Å². The first-order valence-electron chi connectivity index (χ1n) is 18.8. The summed E-state index contributed by atoms with van der Waals surface area (Å²) in [5, 5.41) is 7.33. The molecule has 2 aliphatic heterocycles. The van der Waals surface area contributed by atoms with Gasteiger partial charge in [-0.25, -0.2) is 19.6 Å². The van der Waals surface area contributed by atoms with Gasteiger partial charge in [-0.15, -0.1) is 0 Å². The molecule has 2 saturated heterocycles. The number of carbonyl (C=O) groups is 4. The van der Waals surface area contributed by atoms with E-state index in [9.17, 15) is 19.2 Å². The Bertz CT molecular complexity index is 2070. The van der Waals surface area contributed by atoms with Crippen LogP contribution in [0.2, 0.25) is 0 Å². The minimum absolute atomic E-state index is 0.120. The fourth-order valence-electron chi connectivity index (χ4n) is 7.80. The topological polar surface area (TPSA) is 188 Å². The number of likely N-dealkylation sites (tertiary alicyclic amines) is 2. The second kappa shape index (κ2) is 15.5. The molecule has 55 heavy (non-hydrogen) atoms. The Morgan fingerprint density at radius 1 is 0.709 bits per heavy atom. The quantitative estimate of drug-likeness (QED) is 0.124. The monoisotopic (exact) mass is 752 g/mol. The van der Waals surface area contributed by atoms with Crippen LogP contribution < -0.4 is 10.6 Å². The summed E-state index contributed by atoms with van der Waals surface area (Å²) >= 11 is 0. The van der Waals surface area contributed by atoms with Gasteiger partial charge in [0.1, 0.15) is 34.9 Å². The standard InChI is InChI=1S/C40H48N8O7/c1-21(2)33(45-39(51)53-5)37(49)47-15-7-9-29(47)35-41-19-27(43-35)23-11-13-25-26-14-12-24(18-32(26)55-31(25)17-23)28-20-42-36(44-28)30-10-8-16-48(30)38(50)34(22(3)4)46-40(52)54-6/h11-14,17-22,29-30,33-34H,7-10,15-16H2,1-6H3,(H,41,43)(H,42,44)(H,45,51)(H,46,52)/t29-,30-,33-,34?/m0/s1. The van der Waals surface area contributed by atoms with E-state index in [0.717, 1.165) is 70.1 Å². The maximum Gasteiger partial charge on any atom is 0.407 e. The van der Waals surface area contributed by atoms with Crippen LogP contribution in [0, 0.1) is 11.8 Å². The van der Waals surface area contributed by atoms with E-state index >= 15 is 0 Å². The average Bonchev–Trinajstić information content (AvgIpc) is 4.02. The van der Waals surface area contributed by atoms with E-state index in [1.165, 1.54) is 14.2 Å². The molecule has 0 saturated carbocycles. The molecule has 3 aromatic heterocycles. The molecule has 1 unspecified atom stereocenters. The maximum atomic E-state index is 13.6. The third-order valence-corrected chi connectivity index (χ3v) is 10.8. The number of furan rings is 1. The SMILES string of the molecule is COC(=O)NC(C(=O)N1CCC[C@H]1c1ncc(-c2ccc3c(c2)oc2cc(-c4cnc([C@@H]5CCCN5C(=O)[C@@H](NC(=O)OC)C(C)C)[nH]4)ccc23)[nH]1)C(C)C. The molecule has 290 valence electrons. The molecule has 7 rings (SSSR count). The van der Waals surface area contributed by atoms with Gasteiger partial charge in [0.2, 0.25) is 11.8 Å². The number of imidazole rings is 2. The van der Waals surface area contributed by atoms with E-state index in [0.29, 0.717) is 24.7 Å². The molecule has 5 aromatic rings. The Labute approximate surface area is 318 Å². The molecule has 4 N–H and O–H groups in total. The number of fused-ring (bicyclic) bond motifs is 3. The Balaban J connectivity index is 1.09. The van der Waals surface area contributed by atoms with Gasteiger partial charge in [0, 0.05) is 35.0 Å². The number of hydrogen-bond acceptors (Lipinski definition) is 9. The van der Waals surface area contributed by atoms with Gasteiger partial charge in [-0.3, -0.25) is 9.59 Å². The molecule has 4 amide bonds. The van der Waals surface area contributed by atoms with Crippen LogP contribution in [0.15, 0.2) is 53.2 Å². The number of aromatic amines is 2. The minimum Gasteiger partial charge on any atom is -0.456 e. The number of H-pyrrole nitrogens is 2. The third kappa shape index (κ3) is 7.34. The number of ether oxygens (including phenoxy) is 2. The smallest absolute Gasteiger partial charge is 0.407 e. The molecule has 2 aliphatic rings. The van der Waals surface area contributed by atoms with Crippen molar-refractivity contribution in [1.82, 2.24) is 40.4 Å². The number of nitrogens with zero attached hydrogens (tertiary/aromatic N) is 4. The van der Waals surface area contributed by atoms with Crippen molar-refractivity contribution in [3.8, 4) is 22.5 Å². The number of benzene rings is 2. The summed E-state index contributed by atoms with van der Waals surface area (Å²) in [7, 11) is 2.57. The van der Waals surface area contributed by atoms with Gasteiger partial charge in [0.15, 0.2) is 0 Å². The van der Waals surface area contributed by atoms with E-state index in [1.807, 2.05) is 64.1 Å². The van der Waals surface area contributed by atoms with Gasteiger partial charge >= 0.3 is 12.2 Å². The number of nitrogens with one attached hydrogen (secondary N) is 4. The highest BCUT2D eigenvalue weighted by Crippen LogP contribution is 2.37. The number of carbonyl (C=O) groups excluding carboxylic acids is 4. The first kappa shape index (κ1) is 37.5. The summed E-state index contributed by atoms with van der Waals surface area (Å²) in [6, 6.07) is 10.2. The van der Waals surface area contributed by atoms with Crippen LogP contribution in [0.5, 0.6) is 0 Å². The molecule has 15 heteroatoms. The van der Waals surface area contributed by atoms with E-state index in [-0.39, 0.29) is 35.7 Å². The Kier molecular flexibility index (Phi) is 10.5. The molecule has 4 atom stereocenters. The molecule has 0 aliphatic carbocycles. The fraction of sp³-hybridized carbons (Fsp3) is 0.450. The Morgan fingerprint density at radius 3 is 1.51 bits per heavy atom. The zero-order chi connectivity index (χ0) is 39.0. The summed E-state index contributed by atoms with van der Waals surface area (Å²) < 4.78 is 15.9. The summed E-state index contributed by atoms with van der Waals surface area (Å²) in [5.41, 5.74) is 4.83. The van der Waals surface area contributed by atoms with Gasteiger partial charge in [0.25, 0.3) is 0 Å². The van der Waals surface area contributed by atoms with Crippen molar-refractivity contribution in [3.63, 3.8) is 0 Å². The lowest BCUT2D eigenvalue weighted by molar-refractivity contribution is -0.136. The van der Waals surface area contributed by atoms with Crippen molar-refractivity contribution in [2.45, 2.75) is 77.5 Å². The number of hydrogen-bond donors (Lipinski definition) is 4. The molecule has 5 heterocycles. The summed E-state index contributed by atoms with van der Waals surface area (Å²) in [6.07, 6.45) is 5.46. The molecule has 2 fully saturated rings. The zero-order valence-corrected chi connectivity index (χ0v) is 32.0. The second-order valence-electron chi connectivity index (χ2n) is 15.0. The van der Waals surface area contributed by atoms with Crippen LogP contribution in [0.25, 0.3) is 44.5 Å². The lowest BCUT2D eigenvalue weighted by Crippen LogP contribution is -2.51. The van der Waals surface area contributed by atoms with Crippen LogP contribution in [-0.4, -0.2) is 93.1 Å². The van der Waals surface area contributed by atoms with Crippen LogP contribution >= 0.6 is 0 Å². The largest absolute Gasteiger partial charge is 0.456 e. The van der Waals surface area contributed by atoms with Crippen molar-refractivity contribution in [1.29, 1.82) is 0 Å². The summed E-state index contributed by atoms with van der Waals surface area (Å²) in [5.74, 6) is 0.831. The normalized spacial score (nSPS) is 18.3. The molecular formula is C40H48N8O7. The van der Waals surface area contributed by atoms with Crippen molar-refractivity contribution in [2.24, 2.45) is 11.8 Å². The van der Waals surface area contributed by atoms with Crippen LogP contribution in [0.1, 0.15) is 77.1 Å². The number of amides is 4. The fourth-order valence-corrected chi connectivity index (χ4v) is 7.80. The number of aromatic nitrogens is 4. The van der Waals surface area contributed by atoms with Crippen molar-refractivity contribution in [3.05, 3.63) is 60.4 Å². The molecule has 2 aromatic carbocycles. The molecule has 0 radical (unpaired) electrons. The molecule has 15 nitrogen and oxygen atoms in total. The Morgan fingerprint density at radius 2 is 1.13 bits per heavy atom. The van der Waals surface area contributed by atoms with Gasteiger partial charge < -0.3 is 44.3 Å². The van der Waals surface area contributed by atoms with E-state index in [4.69, 9.17) is 13.9 Å². The van der Waals surface area contributed by atoms with Crippen molar-refractivity contribution >= 4 is 45.9 Å². The van der Waals surface area contributed by atoms with Gasteiger partial charge in [-0.2, -0.15) is 0 Å². The zero-order valence-electron chi connectivity index (χ0n) is 32.0. The number of methoxy groups -OCH3 is 2. The summed E-state index contributed by atoms with van der Waals surface area (Å²) in [6.45, 7) is 8.72. The average molecular weight is 753 g/mol. The van der Waals surface area contributed by atoms with Crippen LogP contribution in [-0.2, 0) is 19.1 Å². The van der Waals surface area contributed by atoms with E-state index < -0.39 is 24.3 Å². The first-order valence-corrected chi connectivity index (χ1v) is 18.8. The second-order valence-corrected chi connectivity index (χ2v) is 15.0. The predicted molar refractivity (Wildman–Crippen MR) is 205 cm³/mol. The van der Waals surface area contributed by atoms with Gasteiger partial charge in [-0.1, -0.05) is 39.8 Å². The highest BCUT2D eigenvalue weighted by molar-refractivity contribution is 6.06. The first-order chi connectivity index (χ1) is 26.5. The highest BCUT2D eigenvalue weighted by atomic mass is 16.5. The van der Waals surface area contributed by atoms with Crippen LogP contribution in [0.4, 0.5) is 9.59 Å². The Hall–Kier alpha value is -5.86. The molecule has 0 spiro atoms. The maximum absolute atomic E-state index is 13.6. The molecule has 0 bridgehead atoms. The highest BCUT2D eigenvalue weighted by Gasteiger charge is 2.39.